The predicted octanol–water partition coefficient (Wildman–Crippen LogP) is 1.84. The zero-order chi connectivity index (χ0) is 15.5. The minimum Gasteiger partial charge on any atom is -0.480 e. The molecule has 1 amide bonds. The third-order valence-corrected chi connectivity index (χ3v) is 4.06. The number of amides is 1. The SMILES string of the molecule is COCc1cccc(CC(=O)N2CCCC2(C)C(=O)O)c1. The molecule has 0 radical (unpaired) electrons. The number of methoxy groups -OCH3 is 1. The van der Waals surface area contributed by atoms with Gasteiger partial charge in [-0.1, -0.05) is 24.3 Å². The van der Waals surface area contributed by atoms with Crippen LogP contribution in [0.15, 0.2) is 24.3 Å². The van der Waals surface area contributed by atoms with Crippen molar-refractivity contribution in [1.82, 2.24) is 4.90 Å². The molecule has 1 heterocycles. The number of carboxylic acid groups (broad SMARTS) is 1. The molecule has 1 unspecified atom stereocenters. The smallest absolute Gasteiger partial charge is 0.329 e. The second kappa shape index (κ2) is 6.26. The van der Waals surface area contributed by atoms with Gasteiger partial charge in [-0.15, -0.1) is 0 Å². The number of hydrogen-bond donors (Lipinski definition) is 1. The van der Waals surface area contributed by atoms with Crippen LogP contribution in [0, 0.1) is 0 Å². The van der Waals surface area contributed by atoms with Crippen LogP contribution in [0.1, 0.15) is 30.9 Å². The Bertz CT molecular complexity index is 543. The second-order valence-corrected chi connectivity index (χ2v) is 5.66. The van der Waals surface area contributed by atoms with Gasteiger partial charge < -0.3 is 14.7 Å². The average Bonchev–Trinajstić information content (AvgIpc) is 2.83. The minimum atomic E-state index is -1.07. The highest BCUT2D eigenvalue weighted by Crippen LogP contribution is 2.29. The number of likely N-dealkylation sites (tertiary alicyclic amines) is 1. The lowest BCUT2D eigenvalue weighted by atomic mass is 9.98. The maximum atomic E-state index is 12.4. The molecule has 1 aromatic rings. The Kier molecular flexibility index (Phi) is 4.63. The van der Waals surface area contributed by atoms with Crippen LogP contribution >= 0.6 is 0 Å². The maximum Gasteiger partial charge on any atom is 0.329 e. The zero-order valence-electron chi connectivity index (χ0n) is 12.5. The van der Waals surface area contributed by atoms with Crippen LogP contribution < -0.4 is 0 Å². The van der Waals surface area contributed by atoms with E-state index in [-0.39, 0.29) is 12.3 Å². The molecule has 1 fully saturated rings. The van der Waals surface area contributed by atoms with Crippen LogP contribution in [0.25, 0.3) is 0 Å². The Morgan fingerprint density at radius 1 is 1.38 bits per heavy atom. The summed E-state index contributed by atoms with van der Waals surface area (Å²) in [6, 6.07) is 7.63. The van der Waals surface area contributed by atoms with Crippen molar-refractivity contribution in [3.05, 3.63) is 35.4 Å². The van der Waals surface area contributed by atoms with E-state index in [1.54, 1.807) is 14.0 Å². The average molecular weight is 291 g/mol. The highest BCUT2D eigenvalue weighted by molar-refractivity contribution is 5.88. The molecule has 1 atom stereocenters. The number of hydrogen-bond acceptors (Lipinski definition) is 3. The van der Waals surface area contributed by atoms with E-state index in [0.717, 1.165) is 17.5 Å². The van der Waals surface area contributed by atoms with E-state index < -0.39 is 11.5 Å². The molecule has 1 aliphatic heterocycles. The van der Waals surface area contributed by atoms with Crippen LogP contribution in [0.3, 0.4) is 0 Å². The summed E-state index contributed by atoms with van der Waals surface area (Å²) in [5, 5.41) is 9.36. The number of benzene rings is 1. The summed E-state index contributed by atoms with van der Waals surface area (Å²) in [5.41, 5.74) is 0.820. The highest BCUT2D eigenvalue weighted by Gasteiger charge is 2.45. The van der Waals surface area contributed by atoms with Crippen LogP contribution in [-0.4, -0.2) is 41.1 Å². The van der Waals surface area contributed by atoms with Crippen LogP contribution in [0.4, 0.5) is 0 Å². The summed E-state index contributed by atoms with van der Waals surface area (Å²) in [5.74, 6) is -1.06. The standard InChI is InChI=1S/C16H21NO4/c1-16(15(19)20)7-4-8-17(16)14(18)10-12-5-3-6-13(9-12)11-21-2/h3,5-6,9H,4,7-8,10-11H2,1-2H3,(H,19,20). The lowest BCUT2D eigenvalue weighted by Gasteiger charge is -2.31. The molecule has 1 aliphatic rings. The van der Waals surface area contributed by atoms with Crippen LogP contribution in [0.2, 0.25) is 0 Å². The normalized spacial score (nSPS) is 21.5. The van der Waals surface area contributed by atoms with E-state index >= 15 is 0 Å². The fraction of sp³-hybridized carbons (Fsp3) is 0.500. The number of rotatable bonds is 5. The molecule has 0 aromatic heterocycles. The molecule has 0 spiro atoms. The number of carboxylic acids is 1. The summed E-state index contributed by atoms with van der Waals surface area (Å²) in [7, 11) is 1.63. The van der Waals surface area contributed by atoms with E-state index in [4.69, 9.17) is 4.74 Å². The van der Waals surface area contributed by atoms with E-state index in [0.29, 0.717) is 19.6 Å². The fourth-order valence-electron chi connectivity index (χ4n) is 2.85. The summed E-state index contributed by atoms with van der Waals surface area (Å²) in [6.07, 6.45) is 1.47. The van der Waals surface area contributed by atoms with Gasteiger partial charge in [-0.3, -0.25) is 4.79 Å². The van der Waals surface area contributed by atoms with Crippen LogP contribution in [-0.2, 0) is 27.4 Å². The Hall–Kier alpha value is -1.88. The Labute approximate surface area is 124 Å². The first-order valence-electron chi connectivity index (χ1n) is 7.08. The molecule has 1 saturated heterocycles. The van der Waals surface area contributed by atoms with Gasteiger partial charge in [0.05, 0.1) is 13.0 Å². The fourth-order valence-corrected chi connectivity index (χ4v) is 2.85. The summed E-state index contributed by atoms with van der Waals surface area (Å²) < 4.78 is 5.08. The number of carbonyl (C=O) groups is 2. The predicted molar refractivity (Wildman–Crippen MR) is 77.8 cm³/mol. The third kappa shape index (κ3) is 3.24. The monoisotopic (exact) mass is 291 g/mol. The van der Waals surface area contributed by atoms with Crippen molar-refractivity contribution in [1.29, 1.82) is 0 Å². The van der Waals surface area contributed by atoms with Crippen molar-refractivity contribution in [2.24, 2.45) is 0 Å². The first kappa shape index (κ1) is 15.5. The minimum absolute atomic E-state index is 0.132. The lowest BCUT2D eigenvalue weighted by Crippen LogP contribution is -2.51. The summed E-state index contributed by atoms with van der Waals surface area (Å²) in [4.78, 5) is 25.4. The van der Waals surface area contributed by atoms with Crippen LogP contribution in [0.5, 0.6) is 0 Å². The third-order valence-electron chi connectivity index (χ3n) is 4.06. The molecule has 0 aliphatic carbocycles. The van der Waals surface area contributed by atoms with Crippen molar-refractivity contribution >= 4 is 11.9 Å². The first-order valence-corrected chi connectivity index (χ1v) is 7.08. The zero-order valence-corrected chi connectivity index (χ0v) is 12.5. The van der Waals surface area contributed by atoms with Crippen molar-refractivity contribution < 1.29 is 19.4 Å². The van der Waals surface area contributed by atoms with E-state index in [1.165, 1.54) is 4.90 Å². The van der Waals surface area contributed by atoms with Gasteiger partial charge >= 0.3 is 5.97 Å². The Morgan fingerprint density at radius 2 is 2.10 bits per heavy atom. The topological polar surface area (TPSA) is 66.8 Å². The van der Waals surface area contributed by atoms with Crippen molar-refractivity contribution in [3.8, 4) is 0 Å². The Morgan fingerprint density at radius 3 is 2.76 bits per heavy atom. The van der Waals surface area contributed by atoms with Crippen molar-refractivity contribution in [3.63, 3.8) is 0 Å². The molecular formula is C16H21NO4. The van der Waals surface area contributed by atoms with Gasteiger partial charge in [-0.05, 0) is 30.9 Å². The van der Waals surface area contributed by atoms with Gasteiger partial charge in [0, 0.05) is 13.7 Å². The van der Waals surface area contributed by atoms with Gasteiger partial charge in [0.25, 0.3) is 0 Å². The van der Waals surface area contributed by atoms with E-state index in [9.17, 15) is 14.7 Å². The largest absolute Gasteiger partial charge is 0.480 e. The van der Waals surface area contributed by atoms with Gasteiger partial charge in [-0.2, -0.15) is 0 Å². The molecular weight excluding hydrogens is 270 g/mol. The van der Waals surface area contributed by atoms with Gasteiger partial charge in [0.2, 0.25) is 5.91 Å². The Balaban J connectivity index is 2.11. The number of ether oxygens (including phenoxy) is 1. The van der Waals surface area contributed by atoms with Crippen molar-refractivity contribution in [2.45, 2.75) is 38.3 Å². The van der Waals surface area contributed by atoms with E-state index in [1.807, 2.05) is 24.3 Å². The number of nitrogens with zero attached hydrogens (tertiary/aromatic N) is 1. The van der Waals surface area contributed by atoms with Gasteiger partial charge in [0.15, 0.2) is 0 Å². The van der Waals surface area contributed by atoms with Crippen molar-refractivity contribution in [2.75, 3.05) is 13.7 Å². The highest BCUT2D eigenvalue weighted by atomic mass is 16.5. The molecule has 114 valence electrons. The number of aliphatic carboxylic acids is 1. The first-order chi connectivity index (χ1) is 9.97. The van der Waals surface area contributed by atoms with E-state index in [2.05, 4.69) is 0 Å². The molecule has 0 saturated carbocycles. The molecule has 0 bridgehead atoms. The quantitative estimate of drug-likeness (QED) is 0.899. The molecule has 5 heteroatoms. The molecule has 1 aromatic carbocycles. The lowest BCUT2D eigenvalue weighted by molar-refractivity contribution is -0.155. The molecule has 2 rings (SSSR count). The van der Waals surface area contributed by atoms with Gasteiger partial charge in [-0.25, -0.2) is 4.79 Å². The second-order valence-electron chi connectivity index (χ2n) is 5.66. The molecule has 21 heavy (non-hydrogen) atoms. The molecule has 5 nitrogen and oxygen atoms in total. The number of carbonyl (C=O) groups excluding carboxylic acids is 1. The summed E-state index contributed by atoms with van der Waals surface area (Å²) >= 11 is 0. The molecule has 1 N–H and O–H groups in total. The maximum absolute atomic E-state index is 12.4. The van der Waals surface area contributed by atoms with Gasteiger partial charge in [0.1, 0.15) is 5.54 Å². The summed E-state index contributed by atoms with van der Waals surface area (Å²) in [6.45, 7) is 2.64.